The van der Waals surface area contributed by atoms with Gasteiger partial charge in [-0.3, -0.25) is 4.79 Å². The van der Waals surface area contributed by atoms with Crippen LogP contribution < -0.4 is 5.32 Å². The van der Waals surface area contributed by atoms with Gasteiger partial charge in [0.05, 0.1) is 11.3 Å². The Hall–Kier alpha value is -1.54. The van der Waals surface area contributed by atoms with Crippen molar-refractivity contribution < 1.29 is 9.90 Å². The van der Waals surface area contributed by atoms with E-state index in [1.54, 1.807) is 6.07 Å². The normalized spacial score (nSPS) is 10.8. The smallest absolute Gasteiger partial charge is 0.303 e. The molecule has 0 aromatic heterocycles. The van der Waals surface area contributed by atoms with E-state index >= 15 is 0 Å². The van der Waals surface area contributed by atoms with Crippen LogP contribution in [0.1, 0.15) is 32.3 Å². The molecule has 0 amide bonds. The third kappa shape index (κ3) is 4.04. The van der Waals surface area contributed by atoms with Gasteiger partial charge in [-0.2, -0.15) is 5.26 Å². The number of carbonyl (C=O) groups is 1. The Labute approximate surface area is 115 Å². The minimum Gasteiger partial charge on any atom is -0.481 e. The fraction of sp³-hybridized carbons (Fsp3) is 0.385. The molecular weight excluding hydrogens is 296 g/mol. The van der Waals surface area contributed by atoms with Gasteiger partial charge in [-0.15, -0.1) is 0 Å². The molecule has 0 saturated heterocycles. The van der Waals surface area contributed by atoms with E-state index in [4.69, 9.17) is 10.4 Å². The van der Waals surface area contributed by atoms with Gasteiger partial charge in [-0.1, -0.05) is 6.07 Å². The molecular formula is C13H15BrN2O2. The molecule has 96 valence electrons. The molecule has 0 aliphatic rings. The van der Waals surface area contributed by atoms with E-state index in [0.717, 1.165) is 4.47 Å². The summed E-state index contributed by atoms with van der Waals surface area (Å²) in [6, 6.07) is 7.57. The minimum absolute atomic E-state index is 0.0931. The average molecular weight is 311 g/mol. The summed E-state index contributed by atoms with van der Waals surface area (Å²) < 4.78 is 0.726. The number of hydrogen-bond acceptors (Lipinski definition) is 3. The topological polar surface area (TPSA) is 73.1 Å². The molecule has 0 aliphatic carbocycles. The Morgan fingerprint density at radius 3 is 2.78 bits per heavy atom. The second-order valence-corrected chi connectivity index (χ2v) is 5.53. The number of halogens is 1. The maximum absolute atomic E-state index is 10.6. The average Bonchev–Trinajstić information content (AvgIpc) is 2.26. The number of nitrogens with one attached hydrogen (secondary N) is 1. The Kier molecular flexibility index (Phi) is 4.74. The van der Waals surface area contributed by atoms with Crippen LogP contribution in [0.5, 0.6) is 0 Å². The first kappa shape index (κ1) is 14.5. The number of carboxylic acids is 1. The summed E-state index contributed by atoms with van der Waals surface area (Å²) in [5.41, 5.74) is 0.855. The molecule has 0 spiro atoms. The van der Waals surface area contributed by atoms with E-state index in [9.17, 15) is 4.79 Å². The van der Waals surface area contributed by atoms with Crippen LogP contribution in [0.4, 0.5) is 5.69 Å². The van der Waals surface area contributed by atoms with Crippen LogP contribution >= 0.6 is 15.9 Å². The second-order valence-electron chi connectivity index (χ2n) is 4.68. The number of rotatable bonds is 5. The van der Waals surface area contributed by atoms with Gasteiger partial charge < -0.3 is 10.4 Å². The molecule has 4 nitrogen and oxygen atoms in total. The van der Waals surface area contributed by atoms with Crippen molar-refractivity contribution in [1.82, 2.24) is 0 Å². The number of nitriles is 1. The lowest BCUT2D eigenvalue weighted by Crippen LogP contribution is -2.31. The van der Waals surface area contributed by atoms with Gasteiger partial charge in [0.2, 0.25) is 0 Å². The lowest BCUT2D eigenvalue weighted by molar-refractivity contribution is -0.137. The van der Waals surface area contributed by atoms with Crippen LogP contribution in [-0.4, -0.2) is 16.6 Å². The predicted octanol–water partition coefficient (Wildman–Crippen LogP) is 3.38. The summed E-state index contributed by atoms with van der Waals surface area (Å²) in [5.74, 6) is -0.820. The van der Waals surface area contributed by atoms with Crippen molar-refractivity contribution in [2.24, 2.45) is 0 Å². The molecule has 1 aromatic rings. The van der Waals surface area contributed by atoms with Crippen molar-refractivity contribution in [1.29, 1.82) is 5.26 Å². The van der Waals surface area contributed by atoms with Crippen LogP contribution in [-0.2, 0) is 4.79 Å². The predicted molar refractivity (Wildman–Crippen MR) is 73.4 cm³/mol. The van der Waals surface area contributed by atoms with Gasteiger partial charge in [0.25, 0.3) is 0 Å². The number of aliphatic carboxylic acids is 1. The molecule has 1 aromatic carbocycles. The van der Waals surface area contributed by atoms with E-state index in [0.29, 0.717) is 17.7 Å². The fourth-order valence-corrected chi connectivity index (χ4v) is 2.04. The van der Waals surface area contributed by atoms with Gasteiger partial charge in [-0.25, -0.2) is 0 Å². The largest absolute Gasteiger partial charge is 0.481 e. The van der Waals surface area contributed by atoms with Crippen LogP contribution in [0.15, 0.2) is 22.7 Å². The molecule has 5 heteroatoms. The maximum Gasteiger partial charge on any atom is 0.303 e. The first-order valence-electron chi connectivity index (χ1n) is 5.54. The van der Waals surface area contributed by atoms with Crippen LogP contribution in [0.3, 0.4) is 0 Å². The van der Waals surface area contributed by atoms with Crippen molar-refractivity contribution >= 4 is 27.6 Å². The SMILES string of the molecule is CC(C)(CCC(=O)O)Nc1cccc(Br)c1C#N. The third-order valence-electron chi connectivity index (χ3n) is 2.56. The highest BCUT2D eigenvalue weighted by molar-refractivity contribution is 9.10. The van der Waals surface area contributed by atoms with Crippen molar-refractivity contribution in [3.8, 4) is 6.07 Å². The van der Waals surface area contributed by atoms with Crippen LogP contribution in [0.25, 0.3) is 0 Å². The van der Waals surface area contributed by atoms with E-state index in [1.165, 1.54) is 0 Å². The van der Waals surface area contributed by atoms with Gasteiger partial charge >= 0.3 is 5.97 Å². The molecule has 0 heterocycles. The van der Waals surface area contributed by atoms with Gasteiger partial charge in [-0.05, 0) is 48.3 Å². The van der Waals surface area contributed by atoms with E-state index in [2.05, 4.69) is 27.3 Å². The zero-order chi connectivity index (χ0) is 13.8. The van der Waals surface area contributed by atoms with Crippen molar-refractivity contribution in [3.05, 3.63) is 28.2 Å². The summed E-state index contributed by atoms with van der Waals surface area (Å²) in [6.45, 7) is 3.83. The first-order valence-corrected chi connectivity index (χ1v) is 6.33. The van der Waals surface area contributed by atoms with Gasteiger partial charge in [0.1, 0.15) is 6.07 Å². The highest BCUT2D eigenvalue weighted by Gasteiger charge is 2.20. The van der Waals surface area contributed by atoms with Crippen LogP contribution in [0.2, 0.25) is 0 Å². The molecule has 1 rings (SSSR count). The lowest BCUT2D eigenvalue weighted by Gasteiger charge is -2.27. The standard InChI is InChI=1S/C13H15BrN2O2/c1-13(2,7-6-12(17)18)16-11-5-3-4-10(14)9(11)8-15/h3-5,16H,6-7H2,1-2H3,(H,17,18). The first-order chi connectivity index (χ1) is 8.35. The highest BCUT2D eigenvalue weighted by Crippen LogP contribution is 2.27. The number of carboxylic acid groups (broad SMARTS) is 1. The quantitative estimate of drug-likeness (QED) is 0.874. The van der Waals surface area contributed by atoms with E-state index in [1.807, 2.05) is 26.0 Å². The molecule has 0 unspecified atom stereocenters. The van der Waals surface area contributed by atoms with Gasteiger partial charge in [0.15, 0.2) is 0 Å². The Bertz CT molecular complexity index is 492. The molecule has 0 saturated carbocycles. The van der Waals surface area contributed by atoms with Crippen molar-refractivity contribution in [2.75, 3.05) is 5.32 Å². The Morgan fingerprint density at radius 2 is 2.22 bits per heavy atom. The summed E-state index contributed by atoms with van der Waals surface area (Å²) in [7, 11) is 0. The second kappa shape index (κ2) is 5.87. The number of hydrogen-bond donors (Lipinski definition) is 2. The Balaban J connectivity index is 2.87. The zero-order valence-corrected chi connectivity index (χ0v) is 11.9. The Morgan fingerprint density at radius 1 is 1.56 bits per heavy atom. The molecule has 0 aliphatic heterocycles. The lowest BCUT2D eigenvalue weighted by atomic mass is 9.97. The highest BCUT2D eigenvalue weighted by atomic mass is 79.9. The zero-order valence-electron chi connectivity index (χ0n) is 10.3. The number of nitrogens with zero attached hydrogens (tertiary/aromatic N) is 1. The van der Waals surface area contributed by atoms with Crippen LogP contribution in [0, 0.1) is 11.3 Å². The molecule has 2 N–H and O–H groups in total. The summed E-state index contributed by atoms with van der Waals surface area (Å²) >= 11 is 3.32. The molecule has 0 radical (unpaired) electrons. The number of anilines is 1. The summed E-state index contributed by atoms with van der Waals surface area (Å²) in [6.07, 6.45) is 0.579. The summed E-state index contributed by atoms with van der Waals surface area (Å²) in [4.78, 5) is 10.6. The molecule has 0 bridgehead atoms. The summed E-state index contributed by atoms with van der Waals surface area (Å²) in [5, 5.41) is 21.0. The molecule has 18 heavy (non-hydrogen) atoms. The fourth-order valence-electron chi connectivity index (χ4n) is 1.59. The molecule has 0 fully saturated rings. The van der Waals surface area contributed by atoms with E-state index in [-0.39, 0.29) is 12.0 Å². The third-order valence-corrected chi connectivity index (χ3v) is 3.22. The van der Waals surface area contributed by atoms with E-state index < -0.39 is 5.97 Å². The monoisotopic (exact) mass is 310 g/mol. The minimum atomic E-state index is -0.820. The van der Waals surface area contributed by atoms with Crippen molar-refractivity contribution in [2.45, 2.75) is 32.2 Å². The maximum atomic E-state index is 10.6. The van der Waals surface area contributed by atoms with Crippen molar-refractivity contribution in [3.63, 3.8) is 0 Å². The van der Waals surface area contributed by atoms with Gasteiger partial charge in [0, 0.05) is 16.4 Å². The molecule has 0 atom stereocenters. The number of benzene rings is 1.